The van der Waals surface area contributed by atoms with Crippen LogP contribution in [-0.4, -0.2) is 47.8 Å². The number of hydrogen-bond acceptors (Lipinski definition) is 7. The van der Waals surface area contributed by atoms with E-state index in [4.69, 9.17) is 4.79 Å². The lowest BCUT2D eigenvalue weighted by atomic mass is 9.71. The largest absolute Gasteiger partial charge is 0.388 e. The number of benzene rings is 2. The van der Waals surface area contributed by atoms with Crippen LogP contribution in [0, 0.1) is 10.1 Å². The van der Waals surface area contributed by atoms with Crippen LogP contribution in [0.15, 0.2) is 72.9 Å². The van der Waals surface area contributed by atoms with Gasteiger partial charge in [0.1, 0.15) is 12.3 Å². The zero-order chi connectivity index (χ0) is 32.6. The molecule has 1 fully saturated rings. The summed E-state index contributed by atoms with van der Waals surface area (Å²) >= 11 is 0. The van der Waals surface area contributed by atoms with E-state index in [2.05, 4.69) is 26.3 Å². The van der Waals surface area contributed by atoms with Crippen molar-refractivity contribution in [1.82, 2.24) is 15.6 Å². The highest BCUT2D eigenvalue weighted by molar-refractivity contribution is 5.96. The van der Waals surface area contributed by atoms with Crippen LogP contribution < -0.4 is 21.3 Å². The van der Waals surface area contributed by atoms with E-state index in [1.165, 1.54) is 6.07 Å². The average Bonchev–Trinajstić information content (AvgIpc) is 3.06. The first kappa shape index (κ1) is 35.4. The Bertz CT molecular complexity index is 1350. The lowest BCUT2D eigenvalue weighted by Gasteiger charge is -2.38. The van der Waals surface area contributed by atoms with Gasteiger partial charge < -0.3 is 26.1 Å². The number of pyridine rings is 1. The van der Waals surface area contributed by atoms with Crippen molar-refractivity contribution < 1.29 is 19.3 Å². The van der Waals surface area contributed by atoms with Gasteiger partial charge in [-0.2, -0.15) is 0 Å². The van der Waals surface area contributed by atoms with Crippen molar-refractivity contribution in [3.8, 4) is 0 Å². The number of nitrogens with one attached hydrogen (secondary N) is 4. The molecule has 3 amide bonds. The molecule has 0 saturated heterocycles. The van der Waals surface area contributed by atoms with E-state index < -0.39 is 22.4 Å². The zero-order valence-electron chi connectivity index (χ0n) is 26.0. The Hall–Kier alpha value is -4.80. The molecule has 0 spiro atoms. The first-order valence-electron chi connectivity index (χ1n) is 14.8. The van der Waals surface area contributed by atoms with Crippen molar-refractivity contribution in [2.45, 2.75) is 70.3 Å². The van der Waals surface area contributed by atoms with Crippen LogP contribution in [0.3, 0.4) is 0 Å². The van der Waals surface area contributed by atoms with E-state index in [0.717, 1.165) is 43.5 Å². The SMILES string of the molecule is C=O.CC.CNc1ccc(NC(=O)N[C@@](C)(Cc2ccccc2[N+](=O)[O-])C(=O)NCC2(c3ccccn3)CCCCC2)cc1. The van der Waals surface area contributed by atoms with Crippen LogP contribution in [0.1, 0.15) is 64.1 Å². The minimum absolute atomic E-state index is 0.0707. The van der Waals surface area contributed by atoms with Crippen molar-refractivity contribution in [1.29, 1.82) is 0 Å². The summed E-state index contributed by atoms with van der Waals surface area (Å²) in [5.41, 5.74) is 0.806. The van der Waals surface area contributed by atoms with E-state index in [1.54, 1.807) is 50.5 Å². The lowest BCUT2D eigenvalue weighted by Crippen LogP contribution is -2.60. The predicted molar refractivity (Wildman–Crippen MR) is 174 cm³/mol. The van der Waals surface area contributed by atoms with Gasteiger partial charge in [-0.05, 0) is 56.2 Å². The molecule has 1 heterocycles. The molecule has 4 rings (SSSR count). The number of nitrogens with zero attached hydrogens (tertiary/aromatic N) is 2. The number of nitro benzene ring substituents is 1. The minimum atomic E-state index is -1.49. The molecule has 236 valence electrons. The summed E-state index contributed by atoms with van der Waals surface area (Å²) in [5, 5.41) is 23.4. The number of nitro groups is 1. The summed E-state index contributed by atoms with van der Waals surface area (Å²) in [4.78, 5) is 50.9. The summed E-state index contributed by atoms with van der Waals surface area (Å²) in [6.07, 6.45) is 6.68. The lowest BCUT2D eigenvalue weighted by molar-refractivity contribution is -0.385. The van der Waals surface area contributed by atoms with Crippen LogP contribution in [0.5, 0.6) is 0 Å². The van der Waals surface area contributed by atoms with E-state index in [-0.39, 0.29) is 17.5 Å². The standard InChI is InChI=1S/C30H36N6O4.C2H6.CH2O/c1-29(20-22-10-4-5-11-25(22)36(39)40,35-28(38)34-24-15-13-23(31-2)14-16-24)27(37)33-21-30(17-7-3-8-18-30)26-12-6-9-19-32-26;2*1-2/h4-6,9-16,19,31H,3,7-8,17-18,20-21H2,1-2H3,(H,33,37)(H2,34,35,38);1-2H3;1H2/t29-;;/m0../s1. The van der Waals surface area contributed by atoms with E-state index in [1.807, 2.05) is 51.0 Å². The van der Waals surface area contributed by atoms with Gasteiger partial charge in [-0.25, -0.2) is 4.79 Å². The molecule has 0 bridgehead atoms. The van der Waals surface area contributed by atoms with Crippen LogP contribution in [0.4, 0.5) is 21.9 Å². The highest BCUT2D eigenvalue weighted by atomic mass is 16.6. The van der Waals surface area contributed by atoms with Crippen LogP contribution in [-0.2, 0) is 21.4 Å². The first-order chi connectivity index (χ1) is 21.2. The fourth-order valence-corrected chi connectivity index (χ4v) is 5.41. The third kappa shape index (κ3) is 9.35. The van der Waals surface area contributed by atoms with Gasteiger partial charge in [-0.3, -0.25) is 19.9 Å². The number of urea groups is 1. The number of rotatable bonds is 10. The number of para-hydroxylation sites is 1. The number of hydrogen-bond donors (Lipinski definition) is 4. The number of carbonyl (C=O) groups excluding carboxylic acids is 3. The maximum atomic E-state index is 13.9. The normalized spacial score (nSPS) is 14.5. The number of aromatic nitrogens is 1. The van der Waals surface area contributed by atoms with Gasteiger partial charge in [-0.15, -0.1) is 0 Å². The summed E-state index contributed by atoms with van der Waals surface area (Å²) in [6.45, 7) is 7.95. The molecule has 3 aromatic rings. The van der Waals surface area contributed by atoms with Crippen LogP contribution in [0.25, 0.3) is 0 Å². The number of amides is 3. The molecule has 1 aromatic heterocycles. The summed E-state index contributed by atoms with van der Waals surface area (Å²) in [5.74, 6) is -0.424. The number of carbonyl (C=O) groups is 3. The van der Waals surface area contributed by atoms with E-state index in [0.29, 0.717) is 17.8 Å². The molecule has 1 saturated carbocycles. The van der Waals surface area contributed by atoms with Crippen molar-refractivity contribution in [3.05, 3.63) is 94.3 Å². The van der Waals surface area contributed by atoms with Gasteiger partial charge >= 0.3 is 6.03 Å². The molecule has 44 heavy (non-hydrogen) atoms. The molecule has 2 aromatic carbocycles. The van der Waals surface area contributed by atoms with Crippen molar-refractivity contribution in [2.75, 3.05) is 24.2 Å². The zero-order valence-corrected chi connectivity index (χ0v) is 26.0. The van der Waals surface area contributed by atoms with Crippen LogP contribution >= 0.6 is 0 Å². The van der Waals surface area contributed by atoms with Crippen molar-refractivity contribution >= 4 is 35.8 Å². The monoisotopic (exact) mass is 604 g/mol. The average molecular weight is 605 g/mol. The highest BCUT2D eigenvalue weighted by Gasteiger charge is 2.40. The predicted octanol–water partition coefficient (Wildman–Crippen LogP) is 6.01. The molecule has 0 radical (unpaired) electrons. The van der Waals surface area contributed by atoms with Crippen molar-refractivity contribution in [3.63, 3.8) is 0 Å². The Labute approximate surface area is 259 Å². The molecule has 11 heteroatoms. The molecule has 11 nitrogen and oxygen atoms in total. The van der Waals surface area contributed by atoms with Gasteiger partial charge in [0.15, 0.2) is 0 Å². The summed E-state index contributed by atoms with van der Waals surface area (Å²) in [7, 11) is 1.80. The second kappa shape index (κ2) is 17.3. The summed E-state index contributed by atoms with van der Waals surface area (Å²) < 4.78 is 0. The van der Waals surface area contributed by atoms with Gasteiger partial charge in [-0.1, -0.05) is 57.4 Å². The smallest absolute Gasteiger partial charge is 0.320 e. The quantitative estimate of drug-likeness (QED) is 0.163. The van der Waals surface area contributed by atoms with Gasteiger partial charge in [0.05, 0.1) is 4.92 Å². The maximum Gasteiger partial charge on any atom is 0.320 e. The van der Waals surface area contributed by atoms with Gasteiger partial charge in [0.25, 0.3) is 5.69 Å². The Kier molecular flexibility index (Phi) is 14.0. The second-order valence-electron chi connectivity index (χ2n) is 10.5. The fourth-order valence-electron chi connectivity index (χ4n) is 5.41. The van der Waals surface area contributed by atoms with Gasteiger partial charge in [0, 0.05) is 60.3 Å². The molecular formula is C33H44N6O5. The Morgan fingerprint density at radius 3 is 2.16 bits per heavy atom. The van der Waals surface area contributed by atoms with Crippen molar-refractivity contribution in [2.24, 2.45) is 0 Å². The maximum absolute atomic E-state index is 13.9. The molecule has 1 aliphatic rings. The Balaban J connectivity index is 0.00000162. The molecular weight excluding hydrogens is 560 g/mol. The first-order valence-corrected chi connectivity index (χ1v) is 14.8. The summed E-state index contributed by atoms with van der Waals surface area (Å²) in [6, 6.07) is 18.6. The Morgan fingerprint density at radius 1 is 0.955 bits per heavy atom. The van der Waals surface area contributed by atoms with E-state index in [9.17, 15) is 19.7 Å². The fraction of sp³-hybridized carbons (Fsp3) is 0.394. The molecule has 1 aliphatic carbocycles. The molecule has 0 aliphatic heterocycles. The topological polar surface area (TPSA) is 155 Å². The second-order valence-corrected chi connectivity index (χ2v) is 10.5. The minimum Gasteiger partial charge on any atom is -0.388 e. The molecule has 0 unspecified atom stereocenters. The number of anilines is 2. The third-order valence-corrected chi connectivity index (χ3v) is 7.66. The third-order valence-electron chi connectivity index (χ3n) is 7.66. The Morgan fingerprint density at radius 2 is 1.57 bits per heavy atom. The van der Waals surface area contributed by atoms with Gasteiger partial charge in [0.2, 0.25) is 5.91 Å². The molecule has 1 atom stereocenters. The van der Waals surface area contributed by atoms with E-state index >= 15 is 0 Å². The molecule has 4 N–H and O–H groups in total. The highest BCUT2D eigenvalue weighted by Crippen LogP contribution is 2.38. The van der Waals surface area contributed by atoms with Crippen LogP contribution in [0.2, 0.25) is 0 Å².